The molecule has 0 amide bonds. The Morgan fingerprint density at radius 2 is 0.700 bits per heavy atom. The van der Waals surface area contributed by atoms with Gasteiger partial charge in [0.25, 0.3) is 0 Å². The van der Waals surface area contributed by atoms with Crippen LogP contribution in [0.1, 0.15) is 66.5 Å². The number of rotatable bonds is 0. The minimum atomic E-state index is 1.36. The van der Waals surface area contributed by atoms with Crippen molar-refractivity contribution < 1.29 is 0 Å². The minimum Gasteiger partial charge on any atom is -0.0683 e. The Balaban J connectivity index is -0.000000314. The number of aryl methyl sites for hydroxylation is 2. The summed E-state index contributed by atoms with van der Waals surface area (Å²) in [6.45, 7) is 20.3. The summed E-state index contributed by atoms with van der Waals surface area (Å²) < 4.78 is 0. The summed E-state index contributed by atoms with van der Waals surface area (Å²) in [4.78, 5) is 0. The normalized spacial score (nSPS) is 7.50. The Bertz CT molecular complexity index is 373. The molecular weight excluding hydrogens is 240 g/mol. The lowest BCUT2D eigenvalue weighted by Gasteiger charge is -2.03. The highest BCUT2D eigenvalue weighted by molar-refractivity contribution is 5.88. The van der Waals surface area contributed by atoms with Crippen molar-refractivity contribution in [3.63, 3.8) is 0 Å². The van der Waals surface area contributed by atoms with Crippen molar-refractivity contribution in [3.8, 4) is 0 Å². The fourth-order valence-electron chi connectivity index (χ4n) is 1.60. The van der Waals surface area contributed by atoms with E-state index in [4.69, 9.17) is 0 Å². The topological polar surface area (TPSA) is 0 Å². The van der Waals surface area contributed by atoms with Crippen LogP contribution in [0.25, 0.3) is 10.8 Å². The van der Waals surface area contributed by atoms with Gasteiger partial charge in [0.2, 0.25) is 0 Å². The Kier molecular flexibility index (Phi) is 21.0. The van der Waals surface area contributed by atoms with Crippen molar-refractivity contribution in [3.05, 3.63) is 47.5 Å². The van der Waals surface area contributed by atoms with Gasteiger partial charge in [-0.05, 0) is 35.7 Å². The van der Waals surface area contributed by atoms with Crippen LogP contribution in [-0.2, 0) is 0 Å². The van der Waals surface area contributed by atoms with E-state index in [1.807, 2.05) is 55.4 Å². The van der Waals surface area contributed by atoms with Crippen LogP contribution < -0.4 is 0 Å². The number of benzene rings is 2. The van der Waals surface area contributed by atoms with Gasteiger partial charge >= 0.3 is 0 Å². The summed E-state index contributed by atoms with van der Waals surface area (Å²) >= 11 is 0. The molecule has 116 valence electrons. The molecule has 2 aromatic carbocycles. The lowest BCUT2D eigenvalue weighted by molar-refractivity contribution is 1.46. The number of fused-ring (bicyclic) bond motifs is 1. The maximum Gasteiger partial charge on any atom is -0.0152 e. The first-order chi connectivity index (χ1) is 9.79. The Hall–Kier alpha value is -1.30. The molecule has 0 N–H and O–H groups in total. The quantitative estimate of drug-likeness (QED) is 0.465. The lowest BCUT2D eigenvalue weighted by Crippen LogP contribution is -1.80. The van der Waals surface area contributed by atoms with Crippen LogP contribution in [0, 0.1) is 13.8 Å². The van der Waals surface area contributed by atoms with E-state index in [9.17, 15) is 0 Å². The van der Waals surface area contributed by atoms with E-state index >= 15 is 0 Å². The van der Waals surface area contributed by atoms with Gasteiger partial charge in [-0.1, -0.05) is 91.8 Å². The van der Waals surface area contributed by atoms with E-state index in [0.717, 1.165) is 0 Å². The van der Waals surface area contributed by atoms with E-state index in [0.29, 0.717) is 0 Å². The third kappa shape index (κ3) is 7.99. The molecule has 20 heavy (non-hydrogen) atoms. The Labute approximate surface area is 128 Å². The molecule has 0 aliphatic carbocycles. The number of hydrogen-bond acceptors (Lipinski definition) is 0. The molecule has 0 fully saturated rings. The molecule has 0 heterocycles. The van der Waals surface area contributed by atoms with E-state index in [-0.39, 0.29) is 0 Å². The summed E-state index contributed by atoms with van der Waals surface area (Å²) in [6, 6.07) is 12.9. The third-order valence-electron chi connectivity index (χ3n) is 2.36. The second-order valence-electron chi connectivity index (χ2n) is 3.24. The zero-order valence-corrected chi connectivity index (χ0v) is 15.5. The highest BCUT2D eigenvalue weighted by atomic mass is 14.0. The molecule has 0 saturated carbocycles. The van der Waals surface area contributed by atoms with Crippen LogP contribution in [0.4, 0.5) is 0 Å². The summed E-state index contributed by atoms with van der Waals surface area (Å²) in [7, 11) is 0. The molecule has 0 spiro atoms. The van der Waals surface area contributed by atoms with Crippen LogP contribution in [0.2, 0.25) is 0 Å². The highest BCUT2D eigenvalue weighted by Gasteiger charge is 1.97. The van der Waals surface area contributed by atoms with Crippen LogP contribution in [0.5, 0.6) is 0 Å². The molecular formula is C20H36. The van der Waals surface area contributed by atoms with Crippen molar-refractivity contribution in [2.24, 2.45) is 0 Å². The largest absolute Gasteiger partial charge is 0.0683 e. The van der Waals surface area contributed by atoms with Gasteiger partial charge in [0.15, 0.2) is 0 Å². The first-order valence-corrected chi connectivity index (χ1v) is 8.24. The maximum atomic E-state index is 2.18. The minimum absolute atomic E-state index is 1.36. The lowest BCUT2D eigenvalue weighted by atomic mass is 10.0. The molecule has 0 unspecified atom stereocenters. The van der Waals surface area contributed by atoms with E-state index in [1.165, 1.54) is 21.9 Å². The van der Waals surface area contributed by atoms with Crippen LogP contribution in [-0.4, -0.2) is 0 Å². The second kappa shape index (κ2) is 17.7. The predicted molar refractivity (Wildman–Crippen MR) is 98.8 cm³/mol. The van der Waals surface area contributed by atoms with Crippen LogP contribution in [0.15, 0.2) is 36.4 Å². The molecule has 2 rings (SSSR count). The predicted octanol–water partition coefficient (Wildman–Crippen LogP) is 7.56. The van der Waals surface area contributed by atoms with Gasteiger partial charge in [-0.15, -0.1) is 0 Å². The van der Waals surface area contributed by atoms with Crippen LogP contribution in [0.3, 0.4) is 0 Å². The van der Waals surface area contributed by atoms with Gasteiger partial charge in [-0.3, -0.25) is 0 Å². The molecule has 0 saturated heterocycles. The summed E-state index contributed by atoms with van der Waals surface area (Å²) in [6.07, 6.45) is 0. The molecule has 0 nitrogen and oxygen atoms in total. The summed E-state index contributed by atoms with van der Waals surface area (Å²) in [5.74, 6) is 0. The zero-order valence-electron chi connectivity index (χ0n) is 15.5. The van der Waals surface area contributed by atoms with Gasteiger partial charge in [0, 0.05) is 0 Å². The van der Waals surface area contributed by atoms with Crippen molar-refractivity contribution in [2.75, 3.05) is 0 Å². The average molecular weight is 277 g/mol. The zero-order chi connectivity index (χ0) is 16.6. The molecule has 0 atom stereocenters. The van der Waals surface area contributed by atoms with Gasteiger partial charge in [-0.2, -0.15) is 0 Å². The molecule has 0 heteroatoms. The van der Waals surface area contributed by atoms with Crippen molar-refractivity contribution in [1.82, 2.24) is 0 Å². The molecule has 0 aromatic heterocycles. The Morgan fingerprint density at radius 3 is 0.950 bits per heavy atom. The molecule has 0 radical (unpaired) electrons. The molecule has 0 aliphatic heterocycles. The second-order valence-corrected chi connectivity index (χ2v) is 3.24. The summed E-state index contributed by atoms with van der Waals surface area (Å²) in [5, 5.41) is 2.75. The van der Waals surface area contributed by atoms with Crippen molar-refractivity contribution in [1.29, 1.82) is 0 Å². The maximum absolute atomic E-state index is 2.18. The fraction of sp³-hybridized carbons (Fsp3) is 0.500. The van der Waals surface area contributed by atoms with Gasteiger partial charge in [0.1, 0.15) is 0 Å². The SMILES string of the molecule is CC.CC.CC.CC.Cc1ccc(C)c2ccccc12. The third-order valence-corrected chi connectivity index (χ3v) is 2.36. The molecule has 0 aliphatic rings. The van der Waals surface area contributed by atoms with Gasteiger partial charge in [0.05, 0.1) is 0 Å². The molecule has 0 bridgehead atoms. The molecule has 2 aromatic rings. The average Bonchev–Trinajstić information content (AvgIpc) is 2.59. The monoisotopic (exact) mass is 276 g/mol. The Morgan fingerprint density at radius 1 is 0.450 bits per heavy atom. The summed E-state index contributed by atoms with van der Waals surface area (Å²) in [5.41, 5.74) is 2.72. The van der Waals surface area contributed by atoms with Gasteiger partial charge < -0.3 is 0 Å². The van der Waals surface area contributed by atoms with E-state index in [2.05, 4.69) is 50.2 Å². The standard InChI is InChI=1S/C12H12.4C2H6/c1-9-7-8-10(2)12-6-4-3-5-11(9)12;4*1-2/h3-8H,1-2H3;4*1-2H3. The number of hydrogen-bond donors (Lipinski definition) is 0. The van der Waals surface area contributed by atoms with Crippen LogP contribution >= 0.6 is 0 Å². The van der Waals surface area contributed by atoms with E-state index < -0.39 is 0 Å². The van der Waals surface area contributed by atoms with Gasteiger partial charge in [-0.25, -0.2) is 0 Å². The first-order valence-electron chi connectivity index (χ1n) is 8.24. The van der Waals surface area contributed by atoms with Crippen molar-refractivity contribution >= 4 is 10.8 Å². The fourth-order valence-corrected chi connectivity index (χ4v) is 1.60. The smallest absolute Gasteiger partial charge is 0.0152 e. The van der Waals surface area contributed by atoms with Crippen molar-refractivity contribution in [2.45, 2.75) is 69.2 Å². The highest BCUT2D eigenvalue weighted by Crippen LogP contribution is 2.20. The van der Waals surface area contributed by atoms with E-state index in [1.54, 1.807) is 0 Å². The first kappa shape index (κ1) is 23.8.